The smallest absolute Gasteiger partial charge is 0.363 e. The number of benzene rings is 2. The van der Waals surface area contributed by atoms with Gasteiger partial charge in [-0.05, 0) is 30.3 Å². The van der Waals surface area contributed by atoms with Gasteiger partial charge in [0.1, 0.15) is 17.3 Å². The number of thiazole rings is 1. The van der Waals surface area contributed by atoms with Crippen LogP contribution in [0, 0.1) is 5.82 Å². The monoisotopic (exact) mass is 467 g/mol. The third kappa shape index (κ3) is 4.60. The molecule has 0 radical (unpaired) electrons. The summed E-state index contributed by atoms with van der Waals surface area (Å²) >= 11 is 1.13. The number of cyclic esters (lactones) is 1. The normalized spacial score (nSPS) is 14.1. The predicted octanol–water partition coefficient (Wildman–Crippen LogP) is 4.33. The number of halogens is 1. The van der Waals surface area contributed by atoms with Crippen LogP contribution in [0.2, 0.25) is 0 Å². The molecule has 3 aromatic rings. The van der Waals surface area contributed by atoms with Crippen LogP contribution in [0.1, 0.15) is 18.2 Å². The number of hydrogen-bond acceptors (Lipinski definition) is 8. The second-order valence-electron chi connectivity index (χ2n) is 6.80. The van der Waals surface area contributed by atoms with Gasteiger partial charge in [-0.3, -0.25) is 9.69 Å². The summed E-state index contributed by atoms with van der Waals surface area (Å²) in [6.45, 7) is 1.32. The number of para-hydroxylation sites is 1. The van der Waals surface area contributed by atoms with Crippen molar-refractivity contribution in [2.75, 3.05) is 19.1 Å². The molecule has 10 heteroatoms. The summed E-state index contributed by atoms with van der Waals surface area (Å²) in [5, 5.41) is 1.89. The number of hydrogen-bond donors (Lipinski definition) is 0. The maximum atomic E-state index is 14.3. The summed E-state index contributed by atoms with van der Waals surface area (Å²) in [6, 6.07) is 10.9. The van der Waals surface area contributed by atoms with Gasteiger partial charge in [-0.25, -0.2) is 19.2 Å². The topological polar surface area (TPSA) is 90.3 Å². The molecule has 0 saturated carbocycles. The number of rotatable bonds is 6. The first-order chi connectivity index (χ1) is 15.9. The lowest BCUT2D eigenvalue weighted by Gasteiger charge is -2.18. The molecule has 33 heavy (non-hydrogen) atoms. The van der Waals surface area contributed by atoms with E-state index in [4.69, 9.17) is 14.2 Å². The summed E-state index contributed by atoms with van der Waals surface area (Å²) in [6.07, 6.45) is 1.44. The van der Waals surface area contributed by atoms with Gasteiger partial charge in [-0.15, -0.1) is 11.3 Å². The Hall–Kier alpha value is -4.05. The van der Waals surface area contributed by atoms with E-state index in [0.29, 0.717) is 22.8 Å². The molecule has 0 aliphatic carbocycles. The minimum absolute atomic E-state index is 0.0314. The third-order valence-corrected chi connectivity index (χ3v) is 5.46. The molecule has 168 valence electrons. The molecule has 2 aromatic carbocycles. The molecule has 0 N–H and O–H groups in total. The van der Waals surface area contributed by atoms with E-state index in [9.17, 15) is 14.0 Å². The minimum Gasteiger partial charge on any atom is -0.497 e. The van der Waals surface area contributed by atoms with Crippen molar-refractivity contribution in [3.05, 3.63) is 70.6 Å². The van der Waals surface area contributed by atoms with Gasteiger partial charge in [0.05, 0.1) is 25.6 Å². The maximum absolute atomic E-state index is 14.3. The van der Waals surface area contributed by atoms with Crippen LogP contribution >= 0.6 is 11.3 Å². The maximum Gasteiger partial charge on any atom is 0.363 e. The van der Waals surface area contributed by atoms with Crippen LogP contribution in [0.5, 0.6) is 11.5 Å². The van der Waals surface area contributed by atoms with E-state index in [2.05, 4.69) is 9.98 Å². The summed E-state index contributed by atoms with van der Waals surface area (Å²) in [7, 11) is 3.02. The molecular weight excluding hydrogens is 449 g/mol. The van der Waals surface area contributed by atoms with E-state index in [-0.39, 0.29) is 22.4 Å². The number of esters is 1. The standard InChI is InChI=1S/C23H18FN3O5S/c1-13(28)27(20-7-5-4-6-18(20)24)23-25-15(12-33-23)10-19-22(29)32-21(26-19)14-8-16(30-2)11-17(9-14)31-3/h4-12H,1-3H3. The van der Waals surface area contributed by atoms with E-state index in [0.717, 1.165) is 11.3 Å². The molecule has 0 unspecified atom stereocenters. The lowest BCUT2D eigenvalue weighted by atomic mass is 10.2. The molecule has 4 rings (SSSR count). The molecule has 1 aliphatic heterocycles. The van der Waals surface area contributed by atoms with Crippen molar-refractivity contribution in [2.24, 2.45) is 4.99 Å². The fourth-order valence-electron chi connectivity index (χ4n) is 3.09. The number of carbonyl (C=O) groups excluding carboxylic acids is 2. The van der Waals surface area contributed by atoms with Crippen LogP contribution < -0.4 is 14.4 Å². The fraction of sp³-hybridized carbons (Fsp3) is 0.130. The van der Waals surface area contributed by atoms with Gasteiger partial charge in [0.2, 0.25) is 11.8 Å². The largest absolute Gasteiger partial charge is 0.497 e. The third-order valence-electron chi connectivity index (χ3n) is 4.61. The number of amides is 1. The van der Waals surface area contributed by atoms with Crippen molar-refractivity contribution < 1.29 is 28.2 Å². The summed E-state index contributed by atoms with van der Waals surface area (Å²) in [5.74, 6) is -0.481. The highest BCUT2D eigenvalue weighted by Gasteiger charge is 2.26. The number of ether oxygens (including phenoxy) is 3. The molecule has 8 nitrogen and oxygen atoms in total. The van der Waals surface area contributed by atoms with E-state index < -0.39 is 17.7 Å². The molecule has 0 saturated heterocycles. The molecule has 1 aromatic heterocycles. The zero-order valence-electron chi connectivity index (χ0n) is 17.9. The summed E-state index contributed by atoms with van der Waals surface area (Å²) < 4.78 is 30.0. The van der Waals surface area contributed by atoms with Gasteiger partial charge in [0, 0.05) is 23.9 Å². The zero-order chi connectivity index (χ0) is 23.5. The van der Waals surface area contributed by atoms with Crippen LogP contribution in [0.15, 0.2) is 58.5 Å². The van der Waals surface area contributed by atoms with Gasteiger partial charge in [-0.1, -0.05) is 12.1 Å². The Morgan fingerprint density at radius 3 is 2.48 bits per heavy atom. The lowest BCUT2D eigenvalue weighted by Crippen LogP contribution is -2.23. The minimum atomic E-state index is -0.654. The van der Waals surface area contributed by atoms with E-state index in [1.807, 2.05) is 0 Å². The van der Waals surface area contributed by atoms with Crippen LogP contribution in [0.4, 0.5) is 15.2 Å². The average molecular weight is 467 g/mol. The second kappa shape index (κ2) is 9.21. The van der Waals surface area contributed by atoms with Gasteiger partial charge >= 0.3 is 5.97 Å². The summed E-state index contributed by atoms with van der Waals surface area (Å²) in [4.78, 5) is 34.4. The molecule has 1 aliphatic rings. The average Bonchev–Trinajstić information content (AvgIpc) is 3.41. The van der Waals surface area contributed by atoms with Crippen molar-refractivity contribution in [3.63, 3.8) is 0 Å². The Kier molecular flexibility index (Phi) is 6.18. The van der Waals surface area contributed by atoms with Crippen molar-refractivity contribution >= 4 is 46.0 Å². The Labute approximate surface area is 192 Å². The van der Waals surface area contributed by atoms with Crippen LogP contribution in [0.3, 0.4) is 0 Å². The Morgan fingerprint density at radius 1 is 1.15 bits per heavy atom. The highest BCUT2D eigenvalue weighted by molar-refractivity contribution is 7.14. The predicted molar refractivity (Wildman–Crippen MR) is 121 cm³/mol. The van der Waals surface area contributed by atoms with Gasteiger partial charge in [0.15, 0.2) is 10.8 Å². The SMILES string of the molecule is COc1cc(OC)cc(C2=NC(=Cc3csc(N(C(C)=O)c4ccccc4F)n3)C(=O)O2)c1. The highest BCUT2D eigenvalue weighted by atomic mass is 32.1. The van der Waals surface area contributed by atoms with Crippen molar-refractivity contribution in [2.45, 2.75) is 6.92 Å². The first kappa shape index (κ1) is 22.2. The van der Waals surface area contributed by atoms with Crippen LogP contribution in [-0.2, 0) is 14.3 Å². The van der Waals surface area contributed by atoms with Crippen LogP contribution in [-0.4, -0.2) is 37.0 Å². The number of carbonyl (C=O) groups is 2. The van der Waals surface area contributed by atoms with E-state index in [1.165, 1.54) is 50.3 Å². The number of nitrogens with zero attached hydrogens (tertiary/aromatic N) is 3. The number of aromatic nitrogens is 1. The van der Waals surface area contributed by atoms with Crippen molar-refractivity contribution in [1.82, 2.24) is 4.98 Å². The molecule has 1 amide bonds. The summed E-state index contributed by atoms with van der Waals surface area (Å²) in [5.41, 5.74) is 0.997. The first-order valence-electron chi connectivity index (χ1n) is 9.66. The van der Waals surface area contributed by atoms with Crippen molar-refractivity contribution in [1.29, 1.82) is 0 Å². The first-order valence-corrected chi connectivity index (χ1v) is 10.5. The lowest BCUT2D eigenvalue weighted by molar-refractivity contribution is -0.130. The molecule has 0 atom stereocenters. The molecular formula is C23H18FN3O5S. The number of anilines is 2. The second-order valence-corrected chi connectivity index (χ2v) is 7.63. The number of aliphatic imine (C=N–C) groups is 1. The van der Waals surface area contributed by atoms with Gasteiger partial charge in [-0.2, -0.15) is 0 Å². The Bertz CT molecular complexity index is 1280. The van der Waals surface area contributed by atoms with Crippen molar-refractivity contribution in [3.8, 4) is 11.5 Å². The quantitative estimate of drug-likeness (QED) is 0.396. The molecule has 2 heterocycles. The molecule has 0 bridgehead atoms. The Morgan fingerprint density at radius 2 is 1.85 bits per heavy atom. The Balaban J connectivity index is 1.65. The van der Waals surface area contributed by atoms with Crippen LogP contribution in [0.25, 0.3) is 6.08 Å². The van der Waals surface area contributed by atoms with Gasteiger partial charge in [0.25, 0.3) is 0 Å². The van der Waals surface area contributed by atoms with E-state index >= 15 is 0 Å². The van der Waals surface area contributed by atoms with Gasteiger partial charge < -0.3 is 14.2 Å². The molecule has 0 fully saturated rings. The fourth-order valence-corrected chi connectivity index (χ4v) is 3.93. The highest BCUT2D eigenvalue weighted by Crippen LogP contribution is 2.32. The molecule has 0 spiro atoms. The number of methoxy groups -OCH3 is 2. The zero-order valence-corrected chi connectivity index (χ0v) is 18.7. The van der Waals surface area contributed by atoms with E-state index in [1.54, 1.807) is 29.6 Å².